The molecule has 196 valence electrons. The Morgan fingerprint density at radius 2 is 1.39 bits per heavy atom. The Morgan fingerprint density at radius 3 is 1.86 bits per heavy atom. The van der Waals surface area contributed by atoms with Crippen molar-refractivity contribution in [2.45, 2.75) is 49.9 Å². The van der Waals surface area contributed by atoms with Gasteiger partial charge < -0.3 is 42.5 Å². The summed E-state index contributed by atoms with van der Waals surface area (Å²) >= 11 is 3.95. The van der Waals surface area contributed by atoms with Gasteiger partial charge in [-0.1, -0.05) is 0 Å². The van der Waals surface area contributed by atoms with Gasteiger partial charge in [0.15, 0.2) is 0 Å². The largest absolute Gasteiger partial charge is 0.480 e. The fourth-order valence-electron chi connectivity index (χ4n) is 3.10. The van der Waals surface area contributed by atoms with Crippen LogP contribution in [0, 0.1) is 0 Å². The predicted octanol–water partition coefficient (Wildman–Crippen LogP) is -3.02. The highest BCUT2D eigenvalue weighted by atomic mass is 32.1. The normalized spacial score (nSPS) is 14.2. The Bertz CT molecular complexity index is 1030. The lowest BCUT2D eigenvalue weighted by atomic mass is 10.1. The lowest BCUT2D eigenvalue weighted by Crippen LogP contribution is -2.58. The third-order valence-corrected chi connectivity index (χ3v) is 5.44. The Labute approximate surface area is 211 Å². The van der Waals surface area contributed by atoms with Crippen molar-refractivity contribution in [3.8, 4) is 0 Å². The Hall–Kier alpha value is -3.92. The van der Waals surface area contributed by atoms with E-state index >= 15 is 0 Å². The number of carboxylic acids is 1. The molecule has 36 heavy (non-hydrogen) atoms. The number of carboxylic acid groups (broad SMARTS) is 1. The van der Waals surface area contributed by atoms with Gasteiger partial charge in [-0.3, -0.25) is 19.2 Å². The lowest BCUT2D eigenvalue weighted by Gasteiger charge is -2.24. The molecule has 0 aliphatic heterocycles. The minimum absolute atomic E-state index is 0.00769. The smallest absolute Gasteiger partial charge is 0.326 e. The molecule has 0 fully saturated rings. The molecule has 4 atom stereocenters. The molecule has 0 saturated heterocycles. The van der Waals surface area contributed by atoms with E-state index in [9.17, 15) is 29.1 Å². The van der Waals surface area contributed by atoms with E-state index in [0.717, 1.165) is 0 Å². The zero-order valence-electron chi connectivity index (χ0n) is 19.1. The third kappa shape index (κ3) is 9.03. The lowest BCUT2D eigenvalue weighted by molar-refractivity contribution is -0.142. The summed E-state index contributed by atoms with van der Waals surface area (Å²) in [6.07, 6.45) is 5.08. The first-order valence-electron chi connectivity index (χ1n) is 10.8. The highest BCUT2D eigenvalue weighted by molar-refractivity contribution is 7.80. The molecule has 10 N–H and O–H groups in total. The van der Waals surface area contributed by atoms with Crippen molar-refractivity contribution in [2.75, 3.05) is 5.75 Å². The number of nitrogens with two attached hydrogens (primary N) is 2. The van der Waals surface area contributed by atoms with Crippen LogP contribution in [0.25, 0.3) is 0 Å². The van der Waals surface area contributed by atoms with E-state index in [1.807, 2.05) is 0 Å². The third-order valence-electron chi connectivity index (χ3n) is 5.05. The summed E-state index contributed by atoms with van der Waals surface area (Å²) < 4.78 is 0. The zero-order valence-corrected chi connectivity index (χ0v) is 20.0. The number of aromatic amines is 2. The van der Waals surface area contributed by atoms with Crippen LogP contribution in [0.4, 0.5) is 0 Å². The number of nitrogens with one attached hydrogen (secondary N) is 5. The van der Waals surface area contributed by atoms with Crippen LogP contribution in [0.3, 0.4) is 0 Å². The molecule has 2 rings (SSSR count). The number of amides is 4. The van der Waals surface area contributed by atoms with Gasteiger partial charge in [-0.25, -0.2) is 14.8 Å². The summed E-state index contributed by atoms with van der Waals surface area (Å²) in [6, 6.07) is -4.83. The molecule has 4 unspecified atom stereocenters. The minimum atomic E-state index is -1.32. The Kier molecular flexibility index (Phi) is 10.9. The standard InChI is InChI=1S/C20H29N9O6S/c21-12(7-36)17(31)27-13(1-2-16(22)30)18(32)28-14(3-10-5-23-8-25-10)19(33)29-15(20(34)35)4-11-6-24-9-26-11/h5-6,8-9,12-15,36H,1-4,7,21H2,(H2,22,30)(H,23,25)(H,24,26)(H,27,31)(H,28,32)(H,29,33)(H,34,35). The summed E-state index contributed by atoms with van der Waals surface area (Å²) in [4.78, 5) is 74.6. The molecule has 2 aromatic heterocycles. The number of primary amides is 1. The average Bonchev–Trinajstić information content (AvgIpc) is 3.54. The molecular formula is C20H29N9O6S. The molecule has 2 heterocycles. The second-order valence-electron chi connectivity index (χ2n) is 7.88. The number of hydrogen-bond acceptors (Lipinski definition) is 9. The summed E-state index contributed by atoms with van der Waals surface area (Å²) in [6.45, 7) is 0. The fraction of sp³-hybridized carbons (Fsp3) is 0.450. The average molecular weight is 524 g/mol. The van der Waals surface area contributed by atoms with E-state index in [1.165, 1.54) is 25.0 Å². The van der Waals surface area contributed by atoms with Crippen LogP contribution in [0.15, 0.2) is 25.0 Å². The molecule has 0 aliphatic rings. The van der Waals surface area contributed by atoms with Gasteiger partial charge in [0, 0.05) is 48.8 Å². The van der Waals surface area contributed by atoms with Gasteiger partial charge in [-0.15, -0.1) is 0 Å². The van der Waals surface area contributed by atoms with Gasteiger partial charge in [-0.05, 0) is 6.42 Å². The first-order valence-corrected chi connectivity index (χ1v) is 11.5. The van der Waals surface area contributed by atoms with Crippen molar-refractivity contribution >= 4 is 42.2 Å². The van der Waals surface area contributed by atoms with E-state index in [2.05, 4.69) is 48.5 Å². The maximum absolute atomic E-state index is 13.1. The first kappa shape index (κ1) is 28.3. The van der Waals surface area contributed by atoms with Crippen molar-refractivity contribution in [3.63, 3.8) is 0 Å². The number of nitrogens with zero attached hydrogens (tertiary/aromatic N) is 2. The van der Waals surface area contributed by atoms with Gasteiger partial charge in [0.1, 0.15) is 18.1 Å². The number of hydrogen-bond donors (Lipinski definition) is 9. The van der Waals surface area contributed by atoms with Gasteiger partial charge >= 0.3 is 5.97 Å². The van der Waals surface area contributed by atoms with E-state index in [-0.39, 0.29) is 31.4 Å². The van der Waals surface area contributed by atoms with E-state index in [1.54, 1.807) is 0 Å². The number of carbonyl (C=O) groups is 5. The highest BCUT2D eigenvalue weighted by Crippen LogP contribution is 2.05. The second-order valence-corrected chi connectivity index (χ2v) is 8.24. The first-order chi connectivity index (χ1) is 17.1. The van der Waals surface area contributed by atoms with Crippen LogP contribution in [0.5, 0.6) is 0 Å². The monoisotopic (exact) mass is 523 g/mol. The molecule has 16 heteroatoms. The number of aromatic nitrogens is 4. The van der Waals surface area contributed by atoms with Crippen LogP contribution < -0.4 is 27.4 Å². The highest BCUT2D eigenvalue weighted by Gasteiger charge is 2.31. The van der Waals surface area contributed by atoms with Gasteiger partial charge in [0.2, 0.25) is 23.6 Å². The Balaban J connectivity index is 2.20. The molecular weight excluding hydrogens is 494 g/mol. The fourth-order valence-corrected chi connectivity index (χ4v) is 3.27. The van der Waals surface area contributed by atoms with Gasteiger partial charge in [0.25, 0.3) is 0 Å². The molecule has 4 amide bonds. The van der Waals surface area contributed by atoms with Crippen LogP contribution in [0.2, 0.25) is 0 Å². The maximum atomic E-state index is 13.1. The summed E-state index contributed by atoms with van der Waals surface area (Å²) in [5.41, 5.74) is 11.8. The molecule has 0 aliphatic carbocycles. The molecule has 0 spiro atoms. The zero-order chi connectivity index (χ0) is 26.7. The topological polar surface area (TPSA) is 251 Å². The molecule has 0 saturated carbocycles. The number of imidazole rings is 2. The van der Waals surface area contributed by atoms with Crippen molar-refractivity contribution in [1.29, 1.82) is 0 Å². The van der Waals surface area contributed by atoms with Crippen molar-refractivity contribution in [2.24, 2.45) is 11.5 Å². The molecule has 15 nitrogen and oxygen atoms in total. The molecule has 0 bridgehead atoms. The number of thiol groups is 1. The second kappa shape index (κ2) is 13.8. The summed E-state index contributed by atoms with van der Waals surface area (Å²) in [5.74, 6) is -4.26. The van der Waals surface area contributed by atoms with Crippen molar-refractivity contribution in [1.82, 2.24) is 35.9 Å². The Morgan fingerprint density at radius 1 is 0.889 bits per heavy atom. The molecule has 0 radical (unpaired) electrons. The van der Waals surface area contributed by atoms with Crippen LogP contribution in [-0.2, 0) is 36.8 Å². The minimum Gasteiger partial charge on any atom is -0.480 e. The number of aliphatic carboxylic acids is 1. The summed E-state index contributed by atoms with van der Waals surface area (Å²) in [5, 5.41) is 16.9. The maximum Gasteiger partial charge on any atom is 0.326 e. The number of H-pyrrole nitrogens is 2. The molecule has 2 aromatic rings. The van der Waals surface area contributed by atoms with E-state index in [4.69, 9.17) is 11.5 Å². The van der Waals surface area contributed by atoms with Crippen LogP contribution in [0.1, 0.15) is 24.2 Å². The van der Waals surface area contributed by atoms with Crippen molar-refractivity contribution < 1.29 is 29.1 Å². The number of rotatable bonds is 15. The van der Waals surface area contributed by atoms with Crippen molar-refractivity contribution in [3.05, 3.63) is 36.4 Å². The van der Waals surface area contributed by atoms with E-state index < -0.39 is 53.8 Å². The van der Waals surface area contributed by atoms with Crippen LogP contribution in [-0.4, -0.2) is 84.6 Å². The van der Waals surface area contributed by atoms with Gasteiger partial charge in [-0.2, -0.15) is 12.6 Å². The van der Waals surface area contributed by atoms with E-state index in [0.29, 0.717) is 11.4 Å². The van der Waals surface area contributed by atoms with Crippen LogP contribution >= 0.6 is 12.6 Å². The predicted molar refractivity (Wildman–Crippen MR) is 128 cm³/mol. The number of carbonyl (C=O) groups excluding carboxylic acids is 4. The summed E-state index contributed by atoms with van der Waals surface area (Å²) in [7, 11) is 0. The molecule has 0 aromatic carbocycles. The SMILES string of the molecule is NC(=O)CCC(NC(=O)C(N)CS)C(=O)NC(Cc1cnc[nH]1)C(=O)NC(Cc1cnc[nH]1)C(=O)O. The van der Waals surface area contributed by atoms with Gasteiger partial charge in [0.05, 0.1) is 18.7 Å². The quantitative estimate of drug-likeness (QED) is 0.108.